The summed E-state index contributed by atoms with van der Waals surface area (Å²) in [6, 6.07) is 7.93. The van der Waals surface area contributed by atoms with Crippen molar-refractivity contribution in [2.24, 2.45) is 5.92 Å². The number of rotatable bonds is 11. The number of aromatic nitrogens is 1. The summed E-state index contributed by atoms with van der Waals surface area (Å²) in [4.78, 5) is 51.3. The molecule has 0 fully saturated rings. The van der Waals surface area contributed by atoms with Crippen molar-refractivity contribution in [3.05, 3.63) is 92.9 Å². The molecule has 1 heterocycles. The fourth-order valence-corrected chi connectivity index (χ4v) is 4.99. The zero-order valence-electron chi connectivity index (χ0n) is 24.6. The van der Waals surface area contributed by atoms with Gasteiger partial charge in [0.25, 0.3) is 11.5 Å². The summed E-state index contributed by atoms with van der Waals surface area (Å²) >= 11 is 0. The molecule has 0 bridgehead atoms. The first kappa shape index (κ1) is 32.2. The normalized spacial score (nSPS) is 12.7. The van der Waals surface area contributed by atoms with Gasteiger partial charge in [-0.1, -0.05) is 32.0 Å². The lowest BCUT2D eigenvalue weighted by Gasteiger charge is -2.25. The van der Waals surface area contributed by atoms with Gasteiger partial charge >= 0.3 is 5.97 Å². The number of nitrogens with one attached hydrogen (secondary N) is 2. The van der Waals surface area contributed by atoms with Gasteiger partial charge in [-0.15, -0.1) is 0 Å². The number of pyridine rings is 1. The highest BCUT2D eigenvalue weighted by atomic mass is 19.2. The smallest absolute Gasteiger partial charge is 0.305 e. The highest BCUT2D eigenvalue weighted by Crippen LogP contribution is 2.33. The topological polar surface area (TPSA) is 118 Å². The van der Waals surface area contributed by atoms with Crippen molar-refractivity contribution in [1.29, 1.82) is 0 Å². The van der Waals surface area contributed by atoms with E-state index in [0.717, 1.165) is 17.2 Å². The molecule has 0 aliphatic carbocycles. The average molecular weight is 582 g/mol. The summed E-state index contributed by atoms with van der Waals surface area (Å²) in [5.74, 6) is -5.48. The van der Waals surface area contributed by atoms with Crippen LogP contribution >= 0.6 is 0 Å². The molecule has 0 aliphatic rings. The number of hydrogen-bond acceptors (Lipinski definition) is 4. The molecule has 2 atom stereocenters. The molecular weight excluding hydrogens is 544 g/mol. The van der Waals surface area contributed by atoms with E-state index in [9.17, 15) is 28.7 Å². The fraction of sp³-hybridized carbons (Fsp3) is 0.375. The van der Waals surface area contributed by atoms with Gasteiger partial charge in [0.1, 0.15) is 11.6 Å². The molecule has 1 aromatic heterocycles. The minimum absolute atomic E-state index is 0.0939. The van der Waals surface area contributed by atoms with Crippen LogP contribution in [-0.4, -0.2) is 33.5 Å². The Labute approximate surface area is 243 Å². The van der Waals surface area contributed by atoms with Crippen molar-refractivity contribution in [1.82, 2.24) is 15.2 Å². The van der Waals surface area contributed by atoms with Crippen LogP contribution in [0, 0.1) is 31.4 Å². The molecule has 10 heteroatoms. The van der Waals surface area contributed by atoms with Crippen molar-refractivity contribution in [3.8, 4) is 11.1 Å². The second-order valence-corrected chi connectivity index (χ2v) is 11.2. The van der Waals surface area contributed by atoms with Gasteiger partial charge < -0.3 is 20.3 Å². The second-order valence-electron chi connectivity index (χ2n) is 11.2. The lowest BCUT2D eigenvalue weighted by molar-refractivity contribution is -0.137. The predicted octanol–water partition coefficient (Wildman–Crippen LogP) is 5.47. The van der Waals surface area contributed by atoms with E-state index in [0.29, 0.717) is 11.1 Å². The van der Waals surface area contributed by atoms with E-state index in [-0.39, 0.29) is 29.5 Å². The molecule has 0 aliphatic heterocycles. The molecule has 8 nitrogen and oxygen atoms in total. The summed E-state index contributed by atoms with van der Waals surface area (Å²) in [5.41, 5.74) is 1.59. The number of nitrogens with zero attached hydrogens (tertiary/aromatic N) is 1. The van der Waals surface area contributed by atoms with E-state index in [4.69, 9.17) is 0 Å². The number of carboxylic acid groups (broad SMARTS) is 1. The number of halogens is 2. The summed E-state index contributed by atoms with van der Waals surface area (Å²) < 4.78 is 31.5. The first-order valence-electron chi connectivity index (χ1n) is 13.8. The Morgan fingerprint density at radius 3 is 2.17 bits per heavy atom. The third-order valence-corrected chi connectivity index (χ3v) is 7.00. The zero-order valence-corrected chi connectivity index (χ0v) is 24.6. The second kappa shape index (κ2) is 13.5. The SMILES string of the molecule is Cc1cccc(C)c1-c1cc(F)c(F)c([C@H](CC(=O)O)NC(=O)[C@H](CC(C)C)NC(=O)c2cccn(C(C)C)c2=O)c1. The highest BCUT2D eigenvalue weighted by molar-refractivity contribution is 5.97. The first-order chi connectivity index (χ1) is 19.7. The minimum Gasteiger partial charge on any atom is -0.481 e. The van der Waals surface area contributed by atoms with Crippen LogP contribution in [0.25, 0.3) is 11.1 Å². The van der Waals surface area contributed by atoms with Gasteiger partial charge in [0.15, 0.2) is 11.6 Å². The molecule has 2 amide bonds. The van der Waals surface area contributed by atoms with Crippen molar-refractivity contribution in [3.63, 3.8) is 0 Å². The van der Waals surface area contributed by atoms with Crippen molar-refractivity contribution < 1.29 is 28.3 Å². The summed E-state index contributed by atoms with van der Waals surface area (Å²) in [5, 5.41) is 14.7. The number of aryl methyl sites for hydroxylation is 2. The van der Waals surface area contributed by atoms with Gasteiger partial charge in [0.05, 0.1) is 12.5 Å². The first-order valence-corrected chi connectivity index (χ1v) is 13.8. The van der Waals surface area contributed by atoms with E-state index < -0.39 is 53.5 Å². The van der Waals surface area contributed by atoms with Crippen molar-refractivity contribution in [2.45, 2.75) is 72.5 Å². The van der Waals surface area contributed by atoms with Gasteiger partial charge in [-0.05, 0) is 86.6 Å². The van der Waals surface area contributed by atoms with E-state index in [1.807, 2.05) is 45.9 Å². The number of carbonyl (C=O) groups excluding carboxylic acids is 2. The van der Waals surface area contributed by atoms with Crippen molar-refractivity contribution in [2.75, 3.05) is 0 Å². The maximum absolute atomic E-state index is 15.2. The fourth-order valence-electron chi connectivity index (χ4n) is 4.99. The van der Waals surface area contributed by atoms with E-state index in [1.165, 1.54) is 16.7 Å². The van der Waals surface area contributed by atoms with Crippen LogP contribution < -0.4 is 16.2 Å². The number of hydrogen-bond donors (Lipinski definition) is 3. The summed E-state index contributed by atoms with van der Waals surface area (Å²) in [6.45, 7) is 10.9. The number of carboxylic acids is 1. The van der Waals surface area contributed by atoms with Crippen LogP contribution in [0.2, 0.25) is 0 Å². The zero-order chi connectivity index (χ0) is 31.3. The Morgan fingerprint density at radius 2 is 1.60 bits per heavy atom. The maximum Gasteiger partial charge on any atom is 0.305 e. The largest absolute Gasteiger partial charge is 0.481 e. The molecule has 2 aromatic carbocycles. The minimum atomic E-state index is -1.45. The average Bonchev–Trinajstić information content (AvgIpc) is 2.89. The van der Waals surface area contributed by atoms with Crippen LogP contribution in [0.4, 0.5) is 8.78 Å². The molecule has 0 spiro atoms. The van der Waals surface area contributed by atoms with Crippen LogP contribution in [0.1, 0.15) is 79.7 Å². The van der Waals surface area contributed by atoms with Gasteiger partial charge in [0.2, 0.25) is 5.91 Å². The molecule has 0 radical (unpaired) electrons. The Morgan fingerprint density at radius 1 is 0.952 bits per heavy atom. The number of aliphatic carboxylic acids is 1. The quantitative estimate of drug-likeness (QED) is 0.278. The van der Waals surface area contributed by atoms with Gasteiger partial charge in [-0.25, -0.2) is 8.78 Å². The molecule has 0 unspecified atom stereocenters. The number of amides is 2. The molecule has 42 heavy (non-hydrogen) atoms. The molecule has 0 saturated carbocycles. The Hall–Kier alpha value is -4.34. The van der Waals surface area contributed by atoms with Gasteiger partial charge in [0, 0.05) is 17.8 Å². The van der Waals surface area contributed by atoms with Crippen LogP contribution in [0.3, 0.4) is 0 Å². The molecule has 0 saturated heterocycles. The van der Waals surface area contributed by atoms with Crippen LogP contribution in [0.5, 0.6) is 0 Å². The molecule has 3 aromatic rings. The predicted molar refractivity (Wildman–Crippen MR) is 156 cm³/mol. The third-order valence-electron chi connectivity index (χ3n) is 7.00. The highest BCUT2D eigenvalue weighted by Gasteiger charge is 2.30. The Balaban J connectivity index is 2.00. The number of carbonyl (C=O) groups is 3. The number of benzene rings is 2. The Kier molecular flexibility index (Phi) is 10.4. The molecule has 224 valence electrons. The molecule has 3 rings (SSSR count). The van der Waals surface area contributed by atoms with Crippen molar-refractivity contribution >= 4 is 17.8 Å². The lowest BCUT2D eigenvalue weighted by atomic mass is 9.92. The monoisotopic (exact) mass is 581 g/mol. The third kappa shape index (κ3) is 7.48. The van der Waals surface area contributed by atoms with Gasteiger partial charge in [-0.3, -0.25) is 19.2 Å². The summed E-state index contributed by atoms with van der Waals surface area (Å²) in [7, 11) is 0. The summed E-state index contributed by atoms with van der Waals surface area (Å²) in [6.07, 6.45) is 0.957. The van der Waals surface area contributed by atoms with Crippen LogP contribution in [-0.2, 0) is 9.59 Å². The molecule has 3 N–H and O–H groups in total. The standard InChI is InChI=1S/C32H37F2N3O5/c1-17(2)13-26(36-30(40)22-11-8-12-37(18(3)4)32(22)42)31(41)35-25(16-27(38)39)23-14-21(15-24(33)29(23)34)28-19(5)9-7-10-20(28)6/h7-12,14-15,17-18,25-26H,13,16H2,1-6H3,(H,35,41)(H,36,40)(H,38,39)/t25-,26-/m0/s1. The lowest BCUT2D eigenvalue weighted by Crippen LogP contribution is -2.49. The maximum atomic E-state index is 15.2. The van der Waals surface area contributed by atoms with Gasteiger partial charge in [-0.2, -0.15) is 0 Å². The Bertz CT molecular complexity index is 1530. The van der Waals surface area contributed by atoms with E-state index >= 15 is 4.39 Å². The van der Waals surface area contributed by atoms with E-state index in [2.05, 4.69) is 10.6 Å². The van der Waals surface area contributed by atoms with E-state index in [1.54, 1.807) is 26.1 Å². The molecular formula is C32H37F2N3O5. The van der Waals surface area contributed by atoms with Crippen LogP contribution in [0.15, 0.2) is 53.5 Å².